The molecule has 0 bridgehead atoms. The molecule has 0 aliphatic heterocycles. The summed E-state index contributed by atoms with van der Waals surface area (Å²) in [6, 6.07) is 4.32. The van der Waals surface area contributed by atoms with Crippen LogP contribution in [0.2, 0.25) is 0 Å². The van der Waals surface area contributed by atoms with E-state index in [0.29, 0.717) is 17.7 Å². The predicted octanol–water partition coefficient (Wildman–Crippen LogP) is 1.75. The molecule has 1 aromatic heterocycles. The predicted molar refractivity (Wildman–Crippen MR) is 78.3 cm³/mol. The molecule has 5 nitrogen and oxygen atoms in total. The number of halogens is 1. The van der Waals surface area contributed by atoms with E-state index in [0.717, 1.165) is 6.42 Å². The van der Waals surface area contributed by atoms with Gasteiger partial charge in [0.25, 0.3) is 0 Å². The summed E-state index contributed by atoms with van der Waals surface area (Å²) >= 11 is 0. The molecule has 3 N–H and O–H groups in total. The van der Waals surface area contributed by atoms with Crippen LogP contribution in [0.5, 0.6) is 0 Å². The van der Waals surface area contributed by atoms with Gasteiger partial charge in [-0.1, -0.05) is 19.4 Å². The number of nitrogens with two attached hydrogens (primary N) is 1. The molecule has 1 unspecified atom stereocenters. The molecule has 1 amide bonds. The van der Waals surface area contributed by atoms with E-state index in [-0.39, 0.29) is 18.3 Å². The van der Waals surface area contributed by atoms with Crippen molar-refractivity contribution in [3.8, 4) is 5.69 Å². The third kappa shape index (κ3) is 3.88. The van der Waals surface area contributed by atoms with Gasteiger partial charge in [0.15, 0.2) is 0 Å². The van der Waals surface area contributed by atoms with Gasteiger partial charge in [0.2, 0.25) is 5.91 Å². The molecule has 21 heavy (non-hydrogen) atoms. The lowest BCUT2D eigenvalue weighted by atomic mass is 10.1. The van der Waals surface area contributed by atoms with E-state index in [2.05, 4.69) is 10.3 Å². The molecular weight excluding hydrogens is 271 g/mol. The molecule has 1 aromatic carbocycles. The number of amides is 1. The fraction of sp³-hybridized carbons (Fsp3) is 0.333. The first-order chi connectivity index (χ1) is 10.1. The van der Waals surface area contributed by atoms with E-state index >= 15 is 0 Å². The Morgan fingerprint density at radius 1 is 1.52 bits per heavy atom. The monoisotopic (exact) mass is 290 g/mol. The normalized spacial score (nSPS) is 12.1. The van der Waals surface area contributed by atoms with Crippen molar-refractivity contribution in [2.45, 2.75) is 32.4 Å². The van der Waals surface area contributed by atoms with Crippen LogP contribution in [0.25, 0.3) is 5.69 Å². The zero-order valence-corrected chi connectivity index (χ0v) is 11.9. The van der Waals surface area contributed by atoms with Crippen LogP contribution in [-0.2, 0) is 11.3 Å². The fourth-order valence-corrected chi connectivity index (χ4v) is 2.03. The summed E-state index contributed by atoms with van der Waals surface area (Å²) in [5, 5.41) is 2.72. The maximum Gasteiger partial charge on any atom is 0.237 e. The van der Waals surface area contributed by atoms with Crippen LogP contribution < -0.4 is 11.1 Å². The molecule has 0 fully saturated rings. The zero-order chi connectivity index (χ0) is 15.2. The molecule has 0 saturated carbocycles. The molecule has 0 saturated heterocycles. The average Bonchev–Trinajstić information content (AvgIpc) is 2.99. The number of nitrogens with one attached hydrogen (secondary N) is 1. The number of benzene rings is 1. The number of imidazole rings is 1. The SMILES string of the molecule is CCCC(N)C(=O)NCc1ccc(-n2ccnc2)c(F)c1. The van der Waals surface area contributed by atoms with E-state index in [1.807, 2.05) is 6.92 Å². The summed E-state index contributed by atoms with van der Waals surface area (Å²) in [6.07, 6.45) is 6.28. The third-order valence-electron chi connectivity index (χ3n) is 3.20. The van der Waals surface area contributed by atoms with Gasteiger partial charge >= 0.3 is 0 Å². The Balaban J connectivity index is 1.99. The van der Waals surface area contributed by atoms with Crippen molar-refractivity contribution in [1.29, 1.82) is 0 Å². The number of aromatic nitrogens is 2. The van der Waals surface area contributed by atoms with Crippen LogP contribution in [0, 0.1) is 5.82 Å². The van der Waals surface area contributed by atoms with Crippen molar-refractivity contribution >= 4 is 5.91 Å². The van der Waals surface area contributed by atoms with E-state index < -0.39 is 6.04 Å². The van der Waals surface area contributed by atoms with E-state index in [4.69, 9.17) is 5.73 Å². The first kappa shape index (κ1) is 15.2. The minimum atomic E-state index is -0.509. The Kier molecular flexibility index (Phi) is 5.05. The summed E-state index contributed by atoms with van der Waals surface area (Å²) < 4.78 is 15.6. The maximum absolute atomic E-state index is 14.0. The van der Waals surface area contributed by atoms with Gasteiger partial charge in [0.05, 0.1) is 18.1 Å². The van der Waals surface area contributed by atoms with E-state index in [9.17, 15) is 9.18 Å². The first-order valence-corrected chi connectivity index (χ1v) is 6.92. The standard InChI is InChI=1S/C15H19FN4O/c1-2-3-13(17)15(21)19-9-11-4-5-14(12(16)8-11)20-7-6-18-10-20/h4-8,10,13H,2-3,9,17H2,1H3,(H,19,21). The van der Waals surface area contributed by atoms with Crippen molar-refractivity contribution < 1.29 is 9.18 Å². The van der Waals surface area contributed by atoms with Crippen LogP contribution >= 0.6 is 0 Å². The molecule has 112 valence electrons. The summed E-state index contributed by atoms with van der Waals surface area (Å²) in [5.41, 5.74) is 6.82. The van der Waals surface area contributed by atoms with Gasteiger partial charge in [-0.15, -0.1) is 0 Å². The van der Waals surface area contributed by atoms with Gasteiger partial charge in [-0.3, -0.25) is 4.79 Å². The van der Waals surface area contributed by atoms with E-state index in [1.54, 1.807) is 29.1 Å². The summed E-state index contributed by atoms with van der Waals surface area (Å²) in [4.78, 5) is 15.6. The lowest BCUT2D eigenvalue weighted by Crippen LogP contribution is -2.40. The highest BCUT2D eigenvalue weighted by atomic mass is 19.1. The van der Waals surface area contributed by atoms with Crippen molar-refractivity contribution in [1.82, 2.24) is 14.9 Å². The Morgan fingerprint density at radius 3 is 2.95 bits per heavy atom. The highest BCUT2D eigenvalue weighted by Gasteiger charge is 2.12. The fourth-order valence-electron chi connectivity index (χ4n) is 2.03. The average molecular weight is 290 g/mol. The first-order valence-electron chi connectivity index (χ1n) is 6.92. The van der Waals surface area contributed by atoms with Gasteiger partial charge < -0.3 is 15.6 Å². The van der Waals surface area contributed by atoms with Crippen LogP contribution in [-0.4, -0.2) is 21.5 Å². The lowest BCUT2D eigenvalue weighted by molar-refractivity contribution is -0.122. The quantitative estimate of drug-likeness (QED) is 0.851. The van der Waals surface area contributed by atoms with Crippen molar-refractivity contribution in [3.05, 3.63) is 48.3 Å². The number of carbonyl (C=O) groups is 1. The second-order valence-electron chi connectivity index (χ2n) is 4.87. The summed E-state index contributed by atoms with van der Waals surface area (Å²) in [5.74, 6) is -0.575. The minimum Gasteiger partial charge on any atom is -0.351 e. The van der Waals surface area contributed by atoms with Gasteiger partial charge in [-0.25, -0.2) is 9.37 Å². The van der Waals surface area contributed by atoms with Crippen molar-refractivity contribution in [2.75, 3.05) is 0 Å². The second-order valence-corrected chi connectivity index (χ2v) is 4.87. The maximum atomic E-state index is 14.0. The molecule has 2 aromatic rings. The van der Waals surface area contributed by atoms with Crippen LogP contribution in [0.3, 0.4) is 0 Å². The Hall–Kier alpha value is -2.21. The Bertz CT molecular complexity index is 598. The van der Waals surface area contributed by atoms with Gasteiger partial charge in [-0.05, 0) is 24.1 Å². The molecule has 0 spiro atoms. The summed E-state index contributed by atoms with van der Waals surface area (Å²) in [6.45, 7) is 2.23. The largest absolute Gasteiger partial charge is 0.351 e. The molecule has 1 heterocycles. The topological polar surface area (TPSA) is 72.9 Å². The van der Waals surface area contributed by atoms with Gasteiger partial charge in [-0.2, -0.15) is 0 Å². The summed E-state index contributed by atoms with van der Waals surface area (Å²) in [7, 11) is 0. The number of hydrogen-bond donors (Lipinski definition) is 2. The molecule has 1 atom stereocenters. The highest BCUT2D eigenvalue weighted by molar-refractivity contribution is 5.81. The minimum absolute atomic E-state index is 0.212. The van der Waals surface area contributed by atoms with E-state index in [1.165, 1.54) is 12.4 Å². The van der Waals surface area contributed by atoms with Gasteiger partial charge in [0, 0.05) is 18.9 Å². The molecule has 6 heteroatoms. The van der Waals surface area contributed by atoms with Crippen LogP contribution in [0.4, 0.5) is 4.39 Å². The molecule has 0 aliphatic rings. The van der Waals surface area contributed by atoms with Gasteiger partial charge in [0.1, 0.15) is 5.82 Å². The van der Waals surface area contributed by atoms with Crippen LogP contribution in [0.1, 0.15) is 25.3 Å². The highest BCUT2D eigenvalue weighted by Crippen LogP contribution is 2.14. The number of rotatable bonds is 6. The molecule has 2 rings (SSSR count). The second kappa shape index (κ2) is 6.99. The number of nitrogens with zero attached hydrogens (tertiary/aromatic N) is 2. The molecule has 0 radical (unpaired) electrons. The molecular formula is C15H19FN4O. The van der Waals surface area contributed by atoms with Crippen LogP contribution in [0.15, 0.2) is 36.9 Å². The number of carbonyl (C=O) groups excluding carboxylic acids is 1. The number of hydrogen-bond acceptors (Lipinski definition) is 3. The molecule has 0 aliphatic carbocycles. The lowest BCUT2D eigenvalue weighted by Gasteiger charge is -2.12. The van der Waals surface area contributed by atoms with Crippen molar-refractivity contribution in [3.63, 3.8) is 0 Å². The smallest absolute Gasteiger partial charge is 0.237 e. The Labute approximate surface area is 123 Å². The van der Waals surface area contributed by atoms with Crippen molar-refractivity contribution in [2.24, 2.45) is 5.73 Å². The zero-order valence-electron chi connectivity index (χ0n) is 11.9. The third-order valence-corrected chi connectivity index (χ3v) is 3.20. The Morgan fingerprint density at radius 2 is 2.33 bits per heavy atom.